The number of anilines is 2. The van der Waals surface area contributed by atoms with E-state index in [4.69, 9.17) is 10.8 Å². The molecule has 0 amide bonds. The summed E-state index contributed by atoms with van der Waals surface area (Å²) < 4.78 is 0. The molecule has 82 valence electrons. The summed E-state index contributed by atoms with van der Waals surface area (Å²) in [5.41, 5.74) is 6.21. The molecular weight excluding hydrogens is 198 g/mol. The molecule has 0 radical (unpaired) electrons. The molecule has 0 spiro atoms. The maximum atomic E-state index is 10.7. The number of nitro groups is 1. The van der Waals surface area contributed by atoms with Crippen LogP contribution in [0.25, 0.3) is 0 Å². The van der Waals surface area contributed by atoms with E-state index in [1.54, 1.807) is 24.1 Å². The van der Waals surface area contributed by atoms with Crippen LogP contribution in [0.4, 0.5) is 17.1 Å². The van der Waals surface area contributed by atoms with Crippen molar-refractivity contribution in [2.45, 2.75) is 0 Å². The van der Waals surface area contributed by atoms with Crippen molar-refractivity contribution in [3.8, 4) is 0 Å². The number of nitrogens with two attached hydrogens (primary N) is 1. The second-order valence-electron chi connectivity index (χ2n) is 3.15. The number of benzene rings is 1. The number of nitrogens with zero attached hydrogens (tertiary/aromatic N) is 2. The lowest BCUT2D eigenvalue weighted by Crippen LogP contribution is -2.22. The molecule has 1 aromatic carbocycles. The van der Waals surface area contributed by atoms with Gasteiger partial charge in [-0.2, -0.15) is 0 Å². The van der Waals surface area contributed by atoms with E-state index >= 15 is 0 Å². The van der Waals surface area contributed by atoms with E-state index in [9.17, 15) is 10.1 Å². The maximum Gasteiger partial charge on any atom is 0.294 e. The molecule has 0 fully saturated rings. The van der Waals surface area contributed by atoms with Crippen molar-refractivity contribution in [2.24, 2.45) is 0 Å². The van der Waals surface area contributed by atoms with Gasteiger partial charge in [0.1, 0.15) is 5.69 Å². The van der Waals surface area contributed by atoms with Crippen molar-refractivity contribution in [3.05, 3.63) is 28.3 Å². The minimum atomic E-state index is -0.487. The van der Waals surface area contributed by atoms with E-state index in [0.29, 0.717) is 17.9 Å². The Morgan fingerprint density at radius 1 is 1.60 bits per heavy atom. The third-order valence-electron chi connectivity index (χ3n) is 2.04. The van der Waals surface area contributed by atoms with Crippen molar-refractivity contribution >= 4 is 17.1 Å². The molecule has 0 aliphatic heterocycles. The fraction of sp³-hybridized carbons (Fsp3) is 0.333. The summed E-state index contributed by atoms with van der Waals surface area (Å²) >= 11 is 0. The predicted octanol–water partition coefficient (Wildman–Crippen LogP) is 0.605. The van der Waals surface area contributed by atoms with Gasteiger partial charge in [-0.3, -0.25) is 10.1 Å². The average Bonchev–Trinajstić information content (AvgIpc) is 2.17. The summed E-state index contributed by atoms with van der Waals surface area (Å²) in [5, 5.41) is 19.5. The van der Waals surface area contributed by atoms with Gasteiger partial charge in [0.2, 0.25) is 0 Å². The van der Waals surface area contributed by atoms with E-state index < -0.39 is 4.92 Å². The smallest absolute Gasteiger partial charge is 0.294 e. The summed E-state index contributed by atoms with van der Waals surface area (Å²) in [7, 11) is 1.68. The average molecular weight is 211 g/mol. The van der Waals surface area contributed by atoms with E-state index in [1.807, 2.05) is 0 Å². The number of aliphatic hydroxyl groups excluding tert-OH is 1. The van der Waals surface area contributed by atoms with Gasteiger partial charge in [-0.1, -0.05) is 0 Å². The van der Waals surface area contributed by atoms with Gasteiger partial charge in [0, 0.05) is 25.3 Å². The highest BCUT2D eigenvalue weighted by Gasteiger charge is 2.16. The maximum absolute atomic E-state index is 10.7. The number of hydrogen-bond acceptors (Lipinski definition) is 5. The zero-order valence-electron chi connectivity index (χ0n) is 8.38. The Morgan fingerprint density at radius 3 is 2.80 bits per heavy atom. The van der Waals surface area contributed by atoms with E-state index in [0.717, 1.165) is 0 Å². The normalized spacial score (nSPS) is 10.0. The Labute approximate surface area is 87.1 Å². The summed E-state index contributed by atoms with van der Waals surface area (Å²) in [5.74, 6) is 0. The molecule has 3 N–H and O–H groups in total. The highest BCUT2D eigenvalue weighted by Crippen LogP contribution is 2.28. The van der Waals surface area contributed by atoms with Gasteiger partial charge >= 0.3 is 0 Å². The van der Waals surface area contributed by atoms with Crippen LogP contribution in [-0.4, -0.2) is 30.2 Å². The molecule has 1 rings (SSSR count). The second-order valence-corrected chi connectivity index (χ2v) is 3.15. The van der Waals surface area contributed by atoms with Crippen LogP contribution >= 0.6 is 0 Å². The first-order chi connectivity index (χ1) is 7.06. The monoisotopic (exact) mass is 211 g/mol. The zero-order valence-corrected chi connectivity index (χ0v) is 8.38. The SMILES string of the molecule is CN(CCO)c1ccc(N)cc1[N+](=O)[O-]. The molecular formula is C9H13N3O3. The molecule has 0 aliphatic rings. The minimum absolute atomic E-state index is 0.0500. The Balaban J connectivity index is 3.10. The number of rotatable bonds is 4. The highest BCUT2D eigenvalue weighted by molar-refractivity contribution is 5.67. The number of aliphatic hydroxyl groups is 1. The summed E-state index contributed by atoms with van der Waals surface area (Å²) in [6.45, 7) is 0.281. The number of nitro benzene ring substituents is 1. The molecule has 6 heteroatoms. The third kappa shape index (κ3) is 2.57. The Hall–Kier alpha value is -1.82. The van der Waals surface area contributed by atoms with E-state index in [-0.39, 0.29) is 12.3 Å². The molecule has 0 atom stereocenters. The molecule has 1 aromatic rings. The van der Waals surface area contributed by atoms with Crippen LogP contribution < -0.4 is 10.6 Å². The quantitative estimate of drug-likeness (QED) is 0.432. The summed E-state index contributed by atoms with van der Waals surface area (Å²) in [6.07, 6.45) is 0. The van der Waals surface area contributed by atoms with Gasteiger partial charge in [0.15, 0.2) is 0 Å². The van der Waals surface area contributed by atoms with Gasteiger partial charge < -0.3 is 15.7 Å². The van der Waals surface area contributed by atoms with Crippen molar-refractivity contribution in [1.82, 2.24) is 0 Å². The Morgan fingerprint density at radius 2 is 2.27 bits per heavy atom. The number of likely N-dealkylation sites (N-methyl/N-ethyl adjacent to an activating group) is 1. The highest BCUT2D eigenvalue weighted by atomic mass is 16.6. The summed E-state index contributed by atoms with van der Waals surface area (Å²) in [4.78, 5) is 11.9. The lowest BCUT2D eigenvalue weighted by Gasteiger charge is -2.17. The Kier molecular flexibility index (Phi) is 3.46. The van der Waals surface area contributed by atoms with Crippen LogP contribution in [-0.2, 0) is 0 Å². The molecule has 6 nitrogen and oxygen atoms in total. The van der Waals surface area contributed by atoms with E-state index in [2.05, 4.69) is 0 Å². The lowest BCUT2D eigenvalue weighted by molar-refractivity contribution is -0.384. The number of nitrogen functional groups attached to an aromatic ring is 1. The molecule has 0 aliphatic carbocycles. The first-order valence-electron chi connectivity index (χ1n) is 4.42. The van der Waals surface area contributed by atoms with Crippen molar-refractivity contribution in [2.75, 3.05) is 30.8 Å². The van der Waals surface area contributed by atoms with Crippen LogP contribution in [0.15, 0.2) is 18.2 Å². The van der Waals surface area contributed by atoms with Gasteiger partial charge in [-0.15, -0.1) is 0 Å². The number of hydrogen-bond donors (Lipinski definition) is 2. The molecule has 0 unspecified atom stereocenters. The van der Waals surface area contributed by atoms with E-state index in [1.165, 1.54) is 6.07 Å². The third-order valence-corrected chi connectivity index (χ3v) is 2.04. The van der Waals surface area contributed by atoms with Crippen molar-refractivity contribution < 1.29 is 10.0 Å². The largest absolute Gasteiger partial charge is 0.399 e. The second kappa shape index (κ2) is 4.61. The van der Waals surface area contributed by atoms with Crippen LogP contribution in [0.3, 0.4) is 0 Å². The molecule has 0 heterocycles. The van der Waals surface area contributed by atoms with Gasteiger partial charge in [-0.25, -0.2) is 0 Å². The molecule has 0 saturated heterocycles. The van der Waals surface area contributed by atoms with Crippen LogP contribution in [0.1, 0.15) is 0 Å². The van der Waals surface area contributed by atoms with Crippen molar-refractivity contribution in [3.63, 3.8) is 0 Å². The standard InChI is InChI=1S/C9H13N3O3/c1-11(4-5-13)8-3-2-7(10)6-9(8)12(14)15/h2-3,6,13H,4-5,10H2,1H3. The molecule has 0 bridgehead atoms. The minimum Gasteiger partial charge on any atom is -0.399 e. The first kappa shape index (κ1) is 11.3. The molecule has 0 aromatic heterocycles. The first-order valence-corrected chi connectivity index (χ1v) is 4.42. The topological polar surface area (TPSA) is 92.6 Å². The van der Waals surface area contributed by atoms with Crippen LogP contribution in [0.5, 0.6) is 0 Å². The van der Waals surface area contributed by atoms with Gasteiger partial charge in [0.25, 0.3) is 5.69 Å². The Bertz CT molecular complexity index is 368. The van der Waals surface area contributed by atoms with Gasteiger partial charge in [-0.05, 0) is 12.1 Å². The molecule has 0 saturated carbocycles. The fourth-order valence-corrected chi connectivity index (χ4v) is 1.28. The zero-order chi connectivity index (χ0) is 11.4. The predicted molar refractivity (Wildman–Crippen MR) is 57.9 cm³/mol. The summed E-state index contributed by atoms with van der Waals surface area (Å²) in [6, 6.07) is 4.47. The molecule has 15 heavy (non-hydrogen) atoms. The van der Waals surface area contributed by atoms with Crippen molar-refractivity contribution in [1.29, 1.82) is 0 Å². The van der Waals surface area contributed by atoms with Crippen LogP contribution in [0.2, 0.25) is 0 Å². The van der Waals surface area contributed by atoms with Gasteiger partial charge in [0.05, 0.1) is 11.5 Å². The lowest BCUT2D eigenvalue weighted by atomic mass is 10.2. The fourth-order valence-electron chi connectivity index (χ4n) is 1.28. The van der Waals surface area contributed by atoms with Crippen LogP contribution in [0, 0.1) is 10.1 Å².